The Bertz CT molecular complexity index is 966. The summed E-state index contributed by atoms with van der Waals surface area (Å²) in [5.41, 5.74) is 6.35. The Kier molecular flexibility index (Phi) is 6.23. The second-order valence-corrected chi connectivity index (χ2v) is 6.87. The Morgan fingerprint density at radius 3 is 2.61 bits per heavy atom. The van der Waals surface area contributed by atoms with E-state index in [-0.39, 0.29) is 12.4 Å². The third kappa shape index (κ3) is 5.08. The summed E-state index contributed by atoms with van der Waals surface area (Å²) in [7, 11) is 0. The second kappa shape index (κ2) is 9.01. The van der Waals surface area contributed by atoms with Gasteiger partial charge in [-0.15, -0.1) is 0 Å². The highest BCUT2D eigenvalue weighted by Crippen LogP contribution is 2.36. The Labute approximate surface area is 166 Å². The van der Waals surface area contributed by atoms with E-state index in [1.165, 1.54) is 11.3 Å². The number of hydrazone groups is 1. The number of amides is 1. The van der Waals surface area contributed by atoms with Gasteiger partial charge in [-0.25, -0.2) is 9.78 Å². The summed E-state index contributed by atoms with van der Waals surface area (Å²) in [6.07, 6.45) is 1.09. The first-order valence-electron chi connectivity index (χ1n) is 8.65. The van der Waals surface area contributed by atoms with E-state index in [1.807, 2.05) is 31.2 Å². The molecule has 0 saturated heterocycles. The quantitative estimate of drug-likeness (QED) is 0.409. The van der Waals surface area contributed by atoms with Crippen LogP contribution in [0.4, 0.5) is 14.9 Å². The van der Waals surface area contributed by atoms with Crippen LogP contribution in [0, 0.1) is 6.92 Å². The number of phenolic OH excluding ortho intramolecular Hbond substituents is 1. The molecule has 8 heteroatoms. The van der Waals surface area contributed by atoms with Gasteiger partial charge in [0.25, 0.3) is 0 Å². The van der Waals surface area contributed by atoms with Crippen molar-refractivity contribution < 1.29 is 14.6 Å². The number of benzene rings is 2. The number of aromatic nitrogens is 1. The van der Waals surface area contributed by atoms with Gasteiger partial charge < -0.3 is 9.84 Å². The van der Waals surface area contributed by atoms with Crippen molar-refractivity contribution in [3.8, 4) is 17.0 Å². The Morgan fingerprint density at radius 1 is 1.21 bits per heavy atom. The van der Waals surface area contributed by atoms with Crippen molar-refractivity contribution in [1.82, 2.24) is 4.98 Å². The molecular weight excluding hydrogens is 376 g/mol. The lowest BCUT2D eigenvalue weighted by molar-refractivity contribution is 0.168. The number of carbonyl (C=O) groups excluding carboxylic acids is 1. The fraction of sp³-hybridized carbons (Fsp3) is 0.150. The van der Waals surface area contributed by atoms with Gasteiger partial charge in [-0.05, 0) is 43.7 Å². The molecule has 0 atom stereocenters. The number of nitrogens with zero attached hydrogens (tertiary/aromatic N) is 2. The van der Waals surface area contributed by atoms with Crippen LogP contribution in [0.1, 0.15) is 18.1 Å². The zero-order valence-corrected chi connectivity index (χ0v) is 16.3. The average molecular weight is 396 g/mol. The summed E-state index contributed by atoms with van der Waals surface area (Å²) >= 11 is 1.26. The fourth-order valence-electron chi connectivity index (χ4n) is 2.34. The molecule has 1 aromatic heterocycles. The predicted octanol–water partition coefficient (Wildman–Crippen LogP) is 4.84. The lowest BCUT2D eigenvalue weighted by Gasteiger charge is -2.05. The van der Waals surface area contributed by atoms with Crippen LogP contribution >= 0.6 is 11.3 Å². The molecule has 144 valence electrons. The van der Waals surface area contributed by atoms with Crippen LogP contribution in [0.25, 0.3) is 11.3 Å². The first-order chi connectivity index (χ1) is 13.5. The number of hydrogen-bond donors (Lipinski definition) is 3. The van der Waals surface area contributed by atoms with Crippen LogP contribution < -0.4 is 10.7 Å². The number of hydrogen-bond acceptors (Lipinski definition) is 7. The Balaban J connectivity index is 1.82. The highest BCUT2D eigenvalue weighted by molar-refractivity contribution is 7.20. The Hall–Kier alpha value is -3.39. The minimum absolute atomic E-state index is 0.197. The number of rotatable bonds is 6. The van der Waals surface area contributed by atoms with E-state index in [4.69, 9.17) is 4.74 Å². The smallest absolute Gasteiger partial charge is 0.412 e. The van der Waals surface area contributed by atoms with E-state index in [9.17, 15) is 9.90 Å². The first-order valence-corrected chi connectivity index (χ1v) is 9.46. The van der Waals surface area contributed by atoms with E-state index in [1.54, 1.807) is 37.4 Å². The van der Waals surface area contributed by atoms with Gasteiger partial charge in [0.1, 0.15) is 16.4 Å². The number of ether oxygens (including phenoxy) is 1. The van der Waals surface area contributed by atoms with Crippen LogP contribution in [-0.2, 0) is 4.74 Å². The van der Waals surface area contributed by atoms with Crippen molar-refractivity contribution in [2.75, 3.05) is 17.3 Å². The van der Waals surface area contributed by atoms with Gasteiger partial charge in [0.2, 0.25) is 5.13 Å². The monoisotopic (exact) mass is 396 g/mol. The lowest BCUT2D eigenvalue weighted by atomic mass is 10.1. The molecule has 0 spiro atoms. The van der Waals surface area contributed by atoms with Crippen molar-refractivity contribution in [3.05, 3.63) is 59.7 Å². The third-order valence-electron chi connectivity index (χ3n) is 3.71. The molecule has 0 aliphatic heterocycles. The van der Waals surface area contributed by atoms with Crippen LogP contribution in [-0.4, -0.2) is 29.0 Å². The topological polar surface area (TPSA) is 95.8 Å². The highest BCUT2D eigenvalue weighted by Gasteiger charge is 2.16. The number of aromatic hydroxyl groups is 1. The van der Waals surface area contributed by atoms with Gasteiger partial charge in [-0.1, -0.05) is 41.2 Å². The summed E-state index contributed by atoms with van der Waals surface area (Å²) in [5, 5.41) is 17.3. The fourth-order valence-corrected chi connectivity index (χ4v) is 3.17. The molecule has 0 aliphatic rings. The number of anilines is 2. The van der Waals surface area contributed by atoms with Crippen LogP contribution in [0.3, 0.4) is 0 Å². The highest BCUT2D eigenvalue weighted by atomic mass is 32.1. The second-order valence-electron chi connectivity index (χ2n) is 5.87. The van der Waals surface area contributed by atoms with Gasteiger partial charge in [-0.3, -0.25) is 10.7 Å². The molecule has 1 amide bonds. The minimum atomic E-state index is -0.529. The summed E-state index contributed by atoms with van der Waals surface area (Å²) in [6, 6.07) is 14.5. The van der Waals surface area contributed by atoms with E-state index in [0.29, 0.717) is 15.8 Å². The van der Waals surface area contributed by atoms with Gasteiger partial charge >= 0.3 is 6.09 Å². The SMILES string of the molecule is CCOC(=O)Nc1sc(N/N=C/c2ccc(O)cc2)nc1-c1ccc(C)cc1. The molecule has 3 N–H and O–H groups in total. The van der Waals surface area contributed by atoms with Gasteiger partial charge in [-0.2, -0.15) is 5.10 Å². The molecule has 3 aromatic rings. The number of thiazole rings is 1. The molecule has 0 fully saturated rings. The molecule has 3 rings (SSSR count). The number of nitrogens with one attached hydrogen (secondary N) is 2. The van der Waals surface area contributed by atoms with Crippen molar-refractivity contribution in [1.29, 1.82) is 0 Å². The third-order valence-corrected chi connectivity index (χ3v) is 4.59. The number of carbonyl (C=O) groups is 1. The molecule has 0 saturated carbocycles. The van der Waals surface area contributed by atoms with Crippen molar-refractivity contribution in [3.63, 3.8) is 0 Å². The summed E-state index contributed by atoms with van der Waals surface area (Å²) < 4.78 is 4.97. The summed E-state index contributed by atoms with van der Waals surface area (Å²) in [5.74, 6) is 0.197. The van der Waals surface area contributed by atoms with Crippen LogP contribution in [0.2, 0.25) is 0 Å². The molecule has 0 bridgehead atoms. The van der Waals surface area contributed by atoms with Crippen molar-refractivity contribution in [2.24, 2.45) is 5.10 Å². The zero-order valence-electron chi connectivity index (χ0n) is 15.5. The zero-order chi connectivity index (χ0) is 19.9. The van der Waals surface area contributed by atoms with Gasteiger partial charge in [0.05, 0.1) is 12.8 Å². The maximum absolute atomic E-state index is 11.9. The summed E-state index contributed by atoms with van der Waals surface area (Å²) in [4.78, 5) is 16.4. The molecule has 28 heavy (non-hydrogen) atoms. The average Bonchev–Trinajstić information content (AvgIpc) is 3.06. The Morgan fingerprint density at radius 2 is 1.93 bits per heavy atom. The van der Waals surface area contributed by atoms with Crippen LogP contribution in [0.5, 0.6) is 5.75 Å². The van der Waals surface area contributed by atoms with E-state index in [0.717, 1.165) is 16.7 Å². The van der Waals surface area contributed by atoms with Gasteiger partial charge in [0, 0.05) is 5.56 Å². The van der Waals surface area contributed by atoms with Crippen LogP contribution in [0.15, 0.2) is 53.6 Å². The summed E-state index contributed by atoms with van der Waals surface area (Å²) in [6.45, 7) is 4.04. The van der Waals surface area contributed by atoms with Gasteiger partial charge in [0.15, 0.2) is 0 Å². The molecule has 0 aliphatic carbocycles. The van der Waals surface area contributed by atoms with E-state index in [2.05, 4.69) is 20.8 Å². The van der Waals surface area contributed by atoms with Crippen molar-refractivity contribution in [2.45, 2.75) is 13.8 Å². The normalized spacial score (nSPS) is 10.8. The molecule has 2 aromatic carbocycles. The molecule has 0 radical (unpaired) electrons. The van der Waals surface area contributed by atoms with E-state index < -0.39 is 6.09 Å². The number of phenols is 1. The maximum Gasteiger partial charge on any atom is 0.412 e. The standard InChI is InChI=1S/C20H20N4O3S/c1-3-27-20(26)23-18-17(15-8-4-13(2)5-9-15)22-19(28-18)24-21-12-14-6-10-16(25)11-7-14/h4-12,25H,3H2,1-2H3,(H,22,24)(H,23,26)/b21-12+. The largest absolute Gasteiger partial charge is 0.508 e. The molecular formula is C20H20N4O3S. The van der Waals surface area contributed by atoms with Crippen molar-refractivity contribution >= 4 is 33.8 Å². The lowest BCUT2D eigenvalue weighted by Crippen LogP contribution is -2.12. The molecule has 7 nitrogen and oxygen atoms in total. The molecule has 1 heterocycles. The van der Waals surface area contributed by atoms with E-state index >= 15 is 0 Å². The minimum Gasteiger partial charge on any atom is -0.508 e. The first kappa shape index (κ1) is 19.4. The predicted molar refractivity (Wildman–Crippen MR) is 112 cm³/mol. The molecule has 0 unspecified atom stereocenters. The maximum atomic E-state index is 11.9. The number of aryl methyl sites for hydroxylation is 1.